The van der Waals surface area contributed by atoms with E-state index in [1.54, 1.807) is 18.3 Å². The third-order valence-corrected chi connectivity index (χ3v) is 3.23. The maximum atomic E-state index is 12.0. The van der Waals surface area contributed by atoms with Gasteiger partial charge in [-0.2, -0.15) is 0 Å². The second kappa shape index (κ2) is 6.31. The van der Waals surface area contributed by atoms with Gasteiger partial charge in [-0.1, -0.05) is 6.07 Å². The Morgan fingerprint density at radius 2 is 2.44 bits per heavy atom. The first-order chi connectivity index (χ1) is 8.79. The summed E-state index contributed by atoms with van der Waals surface area (Å²) in [7, 11) is 1.95. The number of amides is 1. The van der Waals surface area contributed by atoms with Crippen LogP contribution in [0.25, 0.3) is 6.08 Å². The summed E-state index contributed by atoms with van der Waals surface area (Å²) in [5, 5.41) is 3.23. The highest BCUT2D eigenvalue weighted by Crippen LogP contribution is 2.10. The number of rotatable bonds is 3. The summed E-state index contributed by atoms with van der Waals surface area (Å²) in [6.07, 6.45) is 7.31. The molecule has 0 saturated carbocycles. The molecule has 1 aromatic heterocycles. The molecular formula is C14H19N3O. The summed E-state index contributed by atoms with van der Waals surface area (Å²) in [6.45, 7) is 1.64. The van der Waals surface area contributed by atoms with E-state index < -0.39 is 0 Å². The Kier molecular flexibility index (Phi) is 4.47. The molecular weight excluding hydrogens is 226 g/mol. The van der Waals surface area contributed by atoms with Crippen molar-refractivity contribution in [3.63, 3.8) is 0 Å². The molecule has 18 heavy (non-hydrogen) atoms. The Morgan fingerprint density at radius 1 is 1.56 bits per heavy atom. The predicted octanol–water partition coefficient (Wildman–Crippen LogP) is 1.31. The van der Waals surface area contributed by atoms with Crippen molar-refractivity contribution in [3.05, 3.63) is 36.2 Å². The summed E-state index contributed by atoms with van der Waals surface area (Å²) in [4.78, 5) is 18.1. The van der Waals surface area contributed by atoms with E-state index in [0.717, 1.165) is 31.6 Å². The molecule has 1 aliphatic rings. The summed E-state index contributed by atoms with van der Waals surface area (Å²) in [5.41, 5.74) is 0.813. The van der Waals surface area contributed by atoms with E-state index in [9.17, 15) is 4.79 Å². The van der Waals surface area contributed by atoms with E-state index in [-0.39, 0.29) is 5.91 Å². The van der Waals surface area contributed by atoms with Crippen molar-refractivity contribution in [1.29, 1.82) is 0 Å². The van der Waals surface area contributed by atoms with Crippen molar-refractivity contribution in [2.45, 2.75) is 18.9 Å². The summed E-state index contributed by atoms with van der Waals surface area (Å²) in [6, 6.07) is 6.08. The largest absolute Gasteiger partial charge is 0.338 e. The Morgan fingerprint density at radius 3 is 3.17 bits per heavy atom. The molecule has 0 radical (unpaired) electrons. The van der Waals surface area contributed by atoms with Crippen LogP contribution in [0, 0.1) is 0 Å². The highest BCUT2D eigenvalue weighted by atomic mass is 16.2. The molecule has 4 heteroatoms. The molecule has 96 valence electrons. The number of aromatic nitrogens is 1. The minimum atomic E-state index is 0.0700. The number of hydrogen-bond acceptors (Lipinski definition) is 3. The minimum Gasteiger partial charge on any atom is -0.338 e. The van der Waals surface area contributed by atoms with Gasteiger partial charge in [-0.25, -0.2) is 0 Å². The number of hydrogen-bond donors (Lipinski definition) is 1. The van der Waals surface area contributed by atoms with E-state index in [2.05, 4.69) is 10.3 Å². The third kappa shape index (κ3) is 3.40. The Balaban J connectivity index is 1.93. The molecule has 1 fully saturated rings. The molecule has 0 aliphatic carbocycles. The normalized spacial score (nSPS) is 20.3. The fraction of sp³-hybridized carbons (Fsp3) is 0.429. The van der Waals surface area contributed by atoms with Gasteiger partial charge in [-0.15, -0.1) is 0 Å². The van der Waals surface area contributed by atoms with Crippen molar-refractivity contribution >= 4 is 12.0 Å². The lowest BCUT2D eigenvalue weighted by molar-refractivity contribution is -0.127. The topological polar surface area (TPSA) is 45.2 Å². The average Bonchev–Trinajstić information content (AvgIpc) is 2.46. The lowest BCUT2D eigenvalue weighted by atomic mass is 10.1. The number of nitrogens with one attached hydrogen (secondary N) is 1. The minimum absolute atomic E-state index is 0.0700. The zero-order valence-corrected chi connectivity index (χ0v) is 10.7. The first-order valence-corrected chi connectivity index (χ1v) is 6.35. The second-order valence-corrected chi connectivity index (χ2v) is 4.50. The molecule has 4 nitrogen and oxygen atoms in total. The number of pyridine rings is 1. The van der Waals surface area contributed by atoms with E-state index in [4.69, 9.17) is 0 Å². The van der Waals surface area contributed by atoms with E-state index >= 15 is 0 Å². The Hall–Kier alpha value is -1.68. The molecule has 1 amide bonds. The van der Waals surface area contributed by atoms with Crippen LogP contribution < -0.4 is 5.32 Å². The maximum absolute atomic E-state index is 12.0. The van der Waals surface area contributed by atoms with Gasteiger partial charge in [0.05, 0.1) is 5.69 Å². The van der Waals surface area contributed by atoms with E-state index in [1.807, 2.05) is 30.1 Å². The fourth-order valence-electron chi connectivity index (χ4n) is 2.15. The Labute approximate surface area is 108 Å². The number of carbonyl (C=O) groups excluding carboxylic acids is 1. The van der Waals surface area contributed by atoms with Crippen LogP contribution in [0.5, 0.6) is 0 Å². The van der Waals surface area contributed by atoms with Gasteiger partial charge in [0, 0.05) is 31.4 Å². The molecule has 1 aliphatic heterocycles. The van der Waals surface area contributed by atoms with Gasteiger partial charge in [0.25, 0.3) is 0 Å². The van der Waals surface area contributed by atoms with Crippen molar-refractivity contribution < 1.29 is 4.79 Å². The first-order valence-electron chi connectivity index (χ1n) is 6.35. The first kappa shape index (κ1) is 12.8. The van der Waals surface area contributed by atoms with Crippen LogP contribution in [0.15, 0.2) is 30.5 Å². The molecule has 1 aromatic rings. The van der Waals surface area contributed by atoms with E-state index in [1.165, 1.54) is 0 Å². The number of nitrogens with zero attached hydrogens (tertiary/aromatic N) is 2. The number of piperidine rings is 1. The number of likely N-dealkylation sites (tertiary alicyclic amines) is 1. The predicted molar refractivity (Wildman–Crippen MR) is 71.9 cm³/mol. The molecule has 0 bridgehead atoms. The monoisotopic (exact) mass is 245 g/mol. The second-order valence-electron chi connectivity index (χ2n) is 4.50. The van der Waals surface area contributed by atoms with Crippen molar-refractivity contribution in [1.82, 2.24) is 15.2 Å². The van der Waals surface area contributed by atoms with Gasteiger partial charge in [-0.05, 0) is 38.1 Å². The molecule has 0 aromatic carbocycles. The van der Waals surface area contributed by atoms with Crippen molar-refractivity contribution in [3.8, 4) is 0 Å². The summed E-state index contributed by atoms with van der Waals surface area (Å²) < 4.78 is 0. The molecule has 2 rings (SSSR count). The van der Waals surface area contributed by atoms with Gasteiger partial charge >= 0.3 is 0 Å². The third-order valence-electron chi connectivity index (χ3n) is 3.23. The van der Waals surface area contributed by atoms with Gasteiger partial charge in [0.15, 0.2) is 0 Å². The van der Waals surface area contributed by atoms with Crippen LogP contribution in [0.1, 0.15) is 18.5 Å². The molecule has 1 unspecified atom stereocenters. The maximum Gasteiger partial charge on any atom is 0.246 e. The lowest BCUT2D eigenvalue weighted by Crippen LogP contribution is -2.46. The Bertz CT molecular complexity index is 416. The zero-order chi connectivity index (χ0) is 12.8. The van der Waals surface area contributed by atoms with E-state index in [0.29, 0.717) is 6.04 Å². The standard InChI is InChI=1S/C14H19N3O/c1-15-13-6-4-10-17(11-13)14(18)8-7-12-5-2-3-9-16-12/h2-3,5,7-9,13,15H,4,6,10-11H2,1H3. The fourth-order valence-corrected chi connectivity index (χ4v) is 2.15. The molecule has 2 heterocycles. The van der Waals surface area contributed by atoms with Gasteiger partial charge in [0.2, 0.25) is 5.91 Å². The quantitative estimate of drug-likeness (QED) is 0.817. The van der Waals surface area contributed by atoms with Crippen LogP contribution >= 0.6 is 0 Å². The highest BCUT2D eigenvalue weighted by molar-refractivity contribution is 5.91. The van der Waals surface area contributed by atoms with Crippen molar-refractivity contribution in [2.75, 3.05) is 20.1 Å². The molecule has 0 spiro atoms. The summed E-state index contributed by atoms with van der Waals surface area (Å²) in [5.74, 6) is 0.0700. The van der Waals surface area contributed by atoms with Gasteiger partial charge < -0.3 is 10.2 Å². The summed E-state index contributed by atoms with van der Waals surface area (Å²) >= 11 is 0. The SMILES string of the molecule is CNC1CCCN(C(=O)C=Cc2ccccn2)C1. The van der Waals surface area contributed by atoms with Crippen LogP contribution in [-0.2, 0) is 4.79 Å². The zero-order valence-electron chi connectivity index (χ0n) is 10.7. The average molecular weight is 245 g/mol. The lowest BCUT2D eigenvalue weighted by Gasteiger charge is -2.31. The molecule has 1 N–H and O–H groups in total. The number of carbonyl (C=O) groups is 1. The van der Waals surface area contributed by atoms with Crippen molar-refractivity contribution in [2.24, 2.45) is 0 Å². The number of likely N-dealkylation sites (N-methyl/N-ethyl adjacent to an activating group) is 1. The molecule has 1 atom stereocenters. The highest BCUT2D eigenvalue weighted by Gasteiger charge is 2.20. The smallest absolute Gasteiger partial charge is 0.246 e. The van der Waals surface area contributed by atoms with Crippen LogP contribution in [0.2, 0.25) is 0 Å². The van der Waals surface area contributed by atoms with Crippen LogP contribution in [-0.4, -0.2) is 42.0 Å². The van der Waals surface area contributed by atoms with Crippen LogP contribution in [0.3, 0.4) is 0 Å². The molecule has 1 saturated heterocycles. The van der Waals surface area contributed by atoms with Gasteiger partial charge in [0.1, 0.15) is 0 Å². The van der Waals surface area contributed by atoms with Crippen LogP contribution in [0.4, 0.5) is 0 Å². The van der Waals surface area contributed by atoms with Gasteiger partial charge in [-0.3, -0.25) is 9.78 Å².